The van der Waals surface area contributed by atoms with Crippen molar-refractivity contribution in [3.05, 3.63) is 59.7 Å². The van der Waals surface area contributed by atoms with E-state index in [1.165, 1.54) is 12.0 Å². The fourth-order valence-electron chi connectivity index (χ4n) is 4.13. The molecular formula is C21H23N3O4. The molecule has 2 amide bonds. The molecule has 2 aliphatic heterocycles. The van der Waals surface area contributed by atoms with Crippen LogP contribution in [0.2, 0.25) is 0 Å². The number of fused-ring (bicyclic) bond motifs is 1. The Bertz CT molecular complexity index is 902. The second-order valence-corrected chi connectivity index (χ2v) is 7.04. The zero-order chi connectivity index (χ0) is 19.8. The van der Waals surface area contributed by atoms with Crippen molar-refractivity contribution in [2.45, 2.75) is 25.6 Å². The molecule has 2 aromatic carbocycles. The molecule has 2 saturated heterocycles. The number of rotatable bonds is 5. The Hall–Kier alpha value is -2.90. The van der Waals surface area contributed by atoms with Crippen LogP contribution in [0.25, 0.3) is 0 Å². The van der Waals surface area contributed by atoms with Crippen LogP contribution in [0, 0.1) is 5.92 Å². The van der Waals surface area contributed by atoms with Gasteiger partial charge in [-0.3, -0.25) is 14.5 Å². The Morgan fingerprint density at radius 1 is 1.11 bits per heavy atom. The molecule has 2 N–H and O–H groups in total. The van der Waals surface area contributed by atoms with E-state index in [0.29, 0.717) is 18.8 Å². The van der Waals surface area contributed by atoms with Crippen molar-refractivity contribution >= 4 is 11.8 Å². The van der Waals surface area contributed by atoms with Gasteiger partial charge in [0.1, 0.15) is 6.04 Å². The highest BCUT2D eigenvalue weighted by Gasteiger charge is 2.58. The molecule has 28 heavy (non-hydrogen) atoms. The minimum absolute atomic E-state index is 0.0333. The molecule has 2 heterocycles. The van der Waals surface area contributed by atoms with E-state index in [0.717, 1.165) is 11.1 Å². The van der Waals surface area contributed by atoms with Gasteiger partial charge >= 0.3 is 0 Å². The first-order valence-electron chi connectivity index (χ1n) is 9.34. The van der Waals surface area contributed by atoms with Crippen molar-refractivity contribution in [3.63, 3.8) is 0 Å². The summed E-state index contributed by atoms with van der Waals surface area (Å²) in [6.45, 7) is 2.67. The first-order chi connectivity index (χ1) is 13.5. The number of phenols is 1. The third kappa shape index (κ3) is 2.93. The van der Waals surface area contributed by atoms with Gasteiger partial charge in [0.15, 0.2) is 11.5 Å². The van der Waals surface area contributed by atoms with Crippen LogP contribution in [0.4, 0.5) is 0 Å². The molecule has 146 valence electrons. The largest absolute Gasteiger partial charge is 0.504 e. The number of nitrogens with one attached hydrogen (secondary N) is 1. The normalized spacial score (nSPS) is 24.6. The summed E-state index contributed by atoms with van der Waals surface area (Å²) >= 11 is 0. The van der Waals surface area contributed by atoms with Gasteiger partial charge in [-0.2, -0.15) is 0 Å². The molecular weight excluding hydrogens is 358 g/mol. The lowest BCUT2D eigenvalue weighted by molar-refractivity contribution is -0.141. The topological polar surface area (TPSA) is 82.1 Å². The van der Waals surface area contributed by atoms with Crippen molar-refractivity contribution in [3.8, 4) is 11.5 Å². The summed E-state index contributed by atoms with van der Waals surface area (Å²) in [5, 5.41) is 11.8. The maximum atomic E-state index is 13.0. The average Bonchev–Trinajstić information content (AvgIpc) is 3.19. The van der Waals surface area contributed by atoms with E-state index in [2.05, 4.69) is 5.43 Å². The number of benzene rings is 2. The van der Waals surface area contributed by atoms with Gasteiger partial charge < -0.3 is 9.84 Å². The van der Waals surface area contributed by atoms with E-state index in [1.807, 2.05) is 42.3 Å². The molecule has 3 atom stereocenters. The minimum atomic E-state index is -0.558. The van der Waals surface area contributed by atoms with E-state index >= 15 is 0 Å². The Balaban J connectivity index is 1.71. The van der Waals surface area contributed by atoms with Crippen molar-refractivity contribution in [1.82, 2.24) is 15.3 Å². The predicted molar refractivity (Wildman–Crippen MR) is 102 cm³/mol. The first kappa shape index (κ1) is 18.5. The molecule has 0 unspecified atom stereocenters. The molecule has 0 radical (unpaired) electrons. The lowest BCUT2D eigenvalue weighted by Gasteiger charge is -2.24. The van der Waals surface area contributed by atoms with Gasteiger partial charge in [-0.15, -0.1) is 0 Å². The summed E-state index contributed by atoms with van der Waals surface area (Å²) in [6.07, 6.45) is 0. The van der Waals surface area contributed by atoms with Crippen LogP contribution < -0.4 is 10.2 Å². The highest BCUT2D eigenvalue weighted by Crippen LogP contribution is 2.42. The number of hydrazine groups is 1. The molecule has 0 aliphatic carbocycles. The molecule has 0 saturated carbocycles. The van der Waals surface area contributed by atoms with Gasteiger partial charge in [0, 0.05) is 13.1 Å². The summed E-state index contributed by atoms with van der Waals surface area (Å²) < 4.78 is 5.22. The van der Waals surface area contributed by atoms with Crippen molar-refractivity contribution in [1.29, 1.82) is 0 Å². The molecule has 2 aromatic rings. The van der Waals surface area contributed by atoms with E-state index in [9.17, 15) is 14.7 Å². The molecule has 0 bridgehead atoms. The van der Waals surface area contributed by atoms with Crippen molar-refractivity contribution in [2.75, 3.05) is 13.7 Å². The third-order valence-corrected chi connectivity index (χ3v) is 5.49. The number of carbonyl (C=O) groups is 2. The maximum Gasteiger partial charge on any atom is 0.248 e. The number of phenolic OH excluding ortho intramolecular Hbond substituents is 1. The van der Waals surface area contributed by atoms with Crippen LogP contribution in [-0.4, -0.2) is 46.5 Å². The highest BCUT2D eigenvalue weighted by atomic mass is 16.5. The number of ether oxygens (including phenoxy) is 1. The fourth-order valence-corrected chi connectivity index (χ4v) is 4.13. The highest BCUT2D eigenvalue weighted by molar-refractivity contribution is 6.07. The second-order valence-electron chi connectivity index (χ2n) is 7.04. The van der Waals surface area contributed by atoms with Gasteiger partial charge in [0.05, 0.1) is 19.1 Å². The molecule has 2 aliphatic rings. The Morgan fingerprint density at radius 3 is 2.54 bits per heavy atom. The van der Waals surface area contributed by atoms with Gasteiger partial charge in [0.25, 0.3) is 0 Å². The lowest BCUT2D eigenvalue weighted by atomic mass is 9.90. The van der Waals surface area contributed by atoms with E-state index in [4.69, 9.17) is 4.74 Å². The van der Waals surface area contributed by atoms with Crippen molar-refractivity contribution < 1.29 is 19.4 Å². The second kappa shape index (κ2) is 7.26. The Morgan fingerprint density at radius 2 is 1.86 bits per heavy atom. The number of imide groups is 1. The number of likely N-dealkylation sites (tertiary alicyclic amines) is 1. The number of methoxy groups -OCH3 is 1. The molecule has 4 rings (SSSR count). The van der Waals surface area contributed by atoms with Crippen molar-refractivity contribution in [2.24, 2.45) is 5.92 Å². The summed E-state index contributed by atoms with van der Waals surface area (Å²) in [4.78, 5) is 27.3. The zero-order valence-corrected chi connectivity index (χ0v) is 15.8. The zero-order valence-electron chi connectivity index (χ0n) is 15.8. The SMILES string of the molecule is CCN1C(=O)[C@@H]2[C@@H](c3ccc(O)c(OC)c3)NN(Cc3ccccc3)[C@@H]2C1=O. The minimum Gasteiger partial charge on any atom is -0.504 e. The van der Waals surface area contributed by atoms with E-state index < -0.39 is 12.0 Å². The number of carbonyl (C=O) groups excluding carboxylic acids is 2. The molecule has 7 heteroatoms. The van der Waals surface area contributed by atoms with Crippen LogP contribution in [0.5, 0.6) is 11.5 Å². The van der Waals surface area contributed by atoms with Gasteiger partial charge in [0.2, 0.25) is 11.8 Å². The lowest BCUT2D eigenvalue weighted by Crippen LogP contribution is -2.44. The number of hydrogen-bond donors (Lipinski definition) is 2. The average molecular weight is 381 g/mol. The van der Waals surface area contributed by atoms with E-state index in [1.54, 1.807) is 18.2 Å². The van der Waals surface area contributed by atoms with Crippen LogP contribution in [-0.2, 0) is 16.1 Å². The summed E-state index contributed by atoms with van der Waals surface area (Å²) in [5.74, 6) is -0.496. The molecule has 7 nitrogen and oxygen atoms in total. The number of nitrogens with zero attached hydrogens (tertiary/aromatic N) is 2. The smallest absolute Gasteiger partial charge is 0.248 e. The first-order valence-corrected chi connectivity index (χ1v) is 9.34. The summed E-state index contributed by atoms with van der Waals surface area (Å²) in [5.41, 5.74) is 5.20. The summed E-state index contributed by atoms with van der Waals surface area (Å²) in [7, 11) is 1.48. The number of aromatic hydroxyl groups is 1. The standard InChI is InChI=1S/C21H23N3O4/c1-3-23-20(26)17-18(14-9-10-15(25)16(11-14)28-2)22-24(19(17)21(23)27)12-13-7-5-4-6-8-13/h4-11,17-19,22,25H,3,12H2,1-2H3/t17-,18-,19+/m1/s1. The third-order valence-electron chi connectivity index (χ3n) is 5.49. The quantitative estimate of drug-likeness (QED) is 0.769. The van der Waals surface area contributed by atoms with Crippen LogP contribution in [0.3, 0.4) is 0 Å². The Labute approximate surface area is 163 Å². The molecule has 0 spiro atoms. The molecule has 2 fully saturated rings. The predicted octanol–water partition coefficient (Wildman–Crippen LogP) is 1.84. The van der Waals surface area contributed by atoms with Gasteiger partial charge in [-0.1, -0.05) is 36.4 Å². The monoisotopic (exact) mass is 381 g/mol. The van der Waals surface area contributed by atoms with Crippen LogP contribution in [0.15, 0.2) is 48.5 Å². The maximum absolute atomic E-state index is 13.0. The number of amides is 2. The van der Waals surface area contributed by atoms with Gasteiger partial charge in [-0.25, -0.2) is 10.4 Å². The molecule has 0 aromatic heterocycles. The number of hydrogen-bond acceptors (Lipinski definition) is 6. The van der Waals surface area contributed by atoms with E-state index in [-0.39, 0.29) is 23.6 Å². The van der Waals surface area contributed by atoms with Gasteiger partial charge in [-0.05, 0) is 30.2 Å². The fraction of sp³-hybridized carbons (Fsp3) is 0.333. The van der Waals surface area contributed by atoms with Crippen LogP contribution in [0.1, 0.15) is 24.1 Å². The van der Waals surface area contributed by atoms with Crippen LogP contribution >= 0.6 is 0 Å². The Kier molecular flexibility index (Phi) is 4.78. The number of likely N-dealkylation sites (N-methyl/N-ethyl adjacent to an activating group) is 1. The summed E-state index contributed by atoms with van der Waals surface area (Å²) in [6, 6.07) is 13.9.